The average molecular weight is 315 g/mol. The molecule has 0 atom stereocenters. The van der Waals surface area contributed by atoms with Gasteiger partial charge in [-0.15, -0.1) is 10.2 Å². The Morgan fingerprint density at radius 3 is 2.71 bits per heavy atom. The molecule has 0 bridgehead atoms. The van der Waals surface area contributed by atoms with E-state index in [0.717, 1.165) is 28.8 Å². The fourth-order valence-corrected chi connectivity index (χ4v) is 2.61. The Morgan fingerprint density at radius 1 is 1.29 bits per heavy atom. The highest BCUT2D eigenvalue weighted by Gasteiger charge is 2.11. The molecule has 0 amide bonds. The second kappa shape index (κ2) is 5.19. The van der Waals surface area contributed by atoms with Crippen LogP contribution < -0.4 is 0 Å². The number of halogens is 2. The zero-order valence-electron chi connectivity index (χ0n) is 9.74. The molecule has 0 aliphatic carbocycles. The van der Waals surface area contributed by atoms with Crippen LogP contribution in [0.1, 0.15) is 24.7 Å². The number of aromatic nitrogens is 3. The Bertz CT molecular complexity index is 516. The Labute approximate surface area is 114 Å². The van der Waals surface area contributed by atoms with E-state index in [4.69, 9.17) is 11.6 Å². The molecule has 0 fully saturated rings. The summed E-state index contributed by atoms with van der Waals surface area (Å²) in [6, 6.07) is 6.14. The van der Waals surface area contributed by atoms with Crippen LogP contribution >= 0.6 is 27.5 Å². The lowest BCUT2D eigenvalue weighted by atomic mass is 10.2. The molecule has 0 radical (unpaired) electrons. The molecule has 0 saturated heterocycles. The van der Waals surface area contributed by atoms with Crippen molar-refractivity contribution in [3.05, 3.63) is 39.3 Å². The third kappa shape index (κ3) is 2.69. The molecule has 0 saturated carbocycles. The molecule has 0 aliphatic heterocycles. The zero-order chi connectivity index (χ0) is 12.4. The van der Waals surface area contributed by atoms with Gasteiger partial charge in [0.25, 0.3) is 0 Å². The highest BCUT2D eigenvalue weighted by Crippen LogP contribution is 2.23. The summed E-state index contributed by atoms with van der Waals surface area (Å²) in [5.41, 5.74) is 2.16. The summed E-state index contributed by atoms with van der Waals surface area (Å²) in [4.78, 5) is 0. The topological polar surface area (TPSA) is 30.7 Å². The molecule has 2 rings (SSSR count). The van der Waals surface area contributed by atoms with Crippen LogP contribution in [0.4, 0.5) is 0 Å². The average Bonchev–Trinajstić information content (AvgIpc) is 2.59. The van der Waals surface area contributed by atoms with E-state index in [1.807, 2.05) is 17.6 Å². The lowest BCUT2D eigenvalue weighted by Crippen LogP contribution is -2.01. The van der Waals surface area contributed by atoms with Gasteiger partial charge in [0.05, 0.1) is 5.69 Å². The molecule has 2 aromatic rings. The number of nitrogens with zero attached hydrogens (tertiary/aromatic N) is 3. The summed E-state index contributed by atoms with van der Waals surface area (Å²) >= 11 is 9.58. The van der Waals surface area contributed by atoms with Gasteiger partial charge in [-0.2, -0.15) is 0 Å². The van der Waals surface area contributed by atoms with Gasteiger partial charge < -0.3 is 0 Å². The van der Waals surface area contributed by atoms with Crippen LogP contribution in [0, 0.1) is 6.92 Å². The number of aryl methyl sites for hydroxylation is 2. The first kappa shape index (κ1) is 12.6. The molecule has 1 aromatic heterocycles. The fraction of sp³-hybridized carbons (Fsp3) is 0.333. The van der Waals surface area contributed by atoms with E-state index in [0.29, 0.717) is 5.28 Å². The first-order chi connectivity index (χ1) is 8.11. The summed E-state index contributed by atoms with van der Waals surface area (Å²) in [5, 5.41) is 8.45. The van der Waals surface area contributed by atoms with Crippen LogP contribution in [0.25, 0.3) is 5.69 Å². The number of rotatable bonds is 3. The van der Waals surface area contributed by atoms with Gasteiger partial charge in [0.1, 0.15) is 5.82 Å². The van der Waals surface area contributed by atoms with E-state index in [1.54, 1.807) is 0 Å². The lowest BCUT2D eigenvalue weighted by Gasteiger charge is -2.08. The summed E-state index contributed by atoms with van der Waals surface area (Å²) in [7, 11) is 0. The Morgan fingerprint density at radius 2 is 2.06 bits per heavy atom. The summed E-state index contributed by atoms with van der Waals surface area (Å²) in [5.74, 6) is 0.898. The number of benzene rings is 1. The van der Waals surface area contributed by atoms with Crippen molar-refractivity contribution in [1.82, 2.24) is 14.8 Å². The molecule has 0 aliphatic rings. The van der Waals surface area contributed by atoms with Crippen molar-refractivity contribution in [3.8, 4) is 5.69 Å². The van der Waals surface area contributed by atoms with Crippen LogP contribution in [0.15, 0.2) is 22.7 Å². The quantitative estimate of drug-likeness (QED) is 0.859. The van der Waals surface area contributed by atoms with Crippen LogP contribution in [0.5, 0.6) is 0 Å². The monoisotopic (exact) mass is 313 g/mol. The second-order valence-corrected chi connectivity index (χ2v) is 5.21. The maximum Gasteiger partial charge on any atom is 0.229 e. The van der Waals surface area contributed by atoms with E-state index in [-0.39, 0.29) is 0 Å². The van der Waals surface area contributed by atoms with Gasteiger partial charge in [0, 0.05) is 10.9 Å². The highest BCUT2D eigenvalue weighted by molar-refractivity contribution is 9.10. The van der Waals surface area contributed by atoms with Crippen LogP contribution in [-0.4, -0.2) is 14.8 Å². The molecule has 90 valence electrons. The van der Waals surface area contributed by atoms with Gasteiger partial charge in [-0.25, -0.2) is 0 Å². The van der Waals surface area contributed by atoms with Crippen molar-refractivity contribution in [1.29, 1.82) is 0 Å². The molecule has 0 spiro atoms. The zero-order valence-corrected chi connectivity index (χ0v) is 12.1. The standard InChI is InChI=1S/C12H13BrClN3/c1-3-4-11-15-16-12(14)17(11)10-6-8(2)5-9(13)7-10/h5-7H,3-4H2,1-2H3. The second-order valence-electron chi connectivity index (χ2n) is 3.96. The van der Waals surface area contributed by atoms with Gasteiger partial charge in [-0.05, 0) is 48.7 Å². The van der Waals surface area contributed by atoms with Crippen LogP contribution in [0.2, 0.25) is 5.28 Å². The Kier molecular flexibility index (Phi) is 3.84. The maximum absolute atomic E-state index is 6.09. The fourth-order valence-electron chi connectivity index (χ4n) is 1.78. The summed E-state index contributed by atoms with van der Waals surface area (Å²) < 4.78 is 2.92. The van der Waals surface area contributed by atoms with Crippen molar-refractivity contribution in [2.24, 2.45) is 0 Å². The Balaban J connectivity index is 2.54. The molecular formula is C12H13BrClN3. The van der Waals surface area contributed by atoms with Gasteiger partial charge in [-0.3, -0.25) is 4.57 Å². The molecule has 0 unspecified atom stereocenters. The van der Waals surface area contributed by atoms with E-state index >= 15 is 0 Å². The highest BCUT2D eigenvalue weighted by atomic mass is 79.9. The summed E-state index contributed by atoms with van der Waals surface area (Å²) in [6.07, 6.45) is 1.88. The normalized spacial score (nSPS) is 10.8. The predicted molar refractivity (Wildman–Crippen MR) is 72.8 cm³/mol. The molecule has 5 heteroatoms. The largest absolute Gasteiger partial charge is 0.270 e. The van der Waals surface area contributed by atoms with Crippen molar-refractivity contribution >= 4 is 27.5 Å². The molecule has 1 heterocycles. The smallest absolute Gasteiger partial charge is 0.229 e. The summed E-state index contributed by atoms with van der Waals surface area (Å²) in [6.45, 7) is 4.16. The lowest BCUT2D eigenvalue weighted by molar-refractivity contribution is 0.802. The van der Waals surface area contributed by atoms with Gasteiger partial charge in [0.2, 0.25) is 5.28 Å². The number of hydrogen-bond donors (Lipinski definition) is 0. The SMILES string of the molecule is CCCc1nnc(Cl)n1-c1cc(C)cc(Br)c1. The molecule has 17 heavy (non-hydrogen) atoms. The first-order valence-electron chi connectivity index (χ1n) is 5.49. The van der Waals surface area contributed by atoms with Crippen molar-refractivity contribution < 1.29 is 0 Å². The number of hydrogen-bond acceptors (Lipinski definition) is 2. The minimum Gasteiger partial charge on any atom is -0.270 e. The minimum absolute atomic E-state index is 0.408. The van der Waals surface area contributed by atoms with Gasteiger partial charge in [-0.1, -0.05) is 22.9 Å². The van der Waals surface area contributed by atoms with Crippen molar-refractivity contribution in [2.45, 2.75) is 26.7 Å². The van der Waals surface area contributed by atoms with Crippen LogP contribution in [0.3, 0.4) is 0 Å². The molecule has 1 aromatic carbocycles. The molecule has 0 N–H and O–H groups in total. The Hall–Kier alpha value is -0.870. The van der Waals surface area contributed by atoms with E-state index in [9.17, 15) is 0 Å². The van der Waals surface area contributed by atoms with Gasteiger partial charge >= 0.3 is 0 Å². The molecule has 3 nitrogen and oxygen atoms in total. The van der Waals surface area contributed by atoms with Crippen LogP contribution in [-0.2, 0) is 6.42 Å². The van der Waals surface area contributed by atoms with Gasteiger partial charge in [0.15, 0.2) is 0 Å². The predicted octanol–water partition coefficient (Wildman–Crippen LogP) is 3.94. The van der Waals surface area contributed by atoms with E-state index in [1.165, 1.54) is 5.56 Å². The minimum atomic E-state index is 0.408. The van der Waals surface area contributed by atoms with E-state index < -0.39 is 0 Å². The van der Waals surface area contributed by atoms with E-state index in [2.05, 4.69) is 45.2 Å². The third-order valence-corrected chi connectivity index (χ3v) is 3.15. The maximum atomic E-state index is 6.09. The van der Waals surface area contributed by atoms with Crippen molar-refractivity contribution in [3.63, 3.8) is 0 Å². The van der Waals surface area contributed by atoms with Crippen molar-refractivity contribution in [2.75, 3.05) is 0 Å². The first-order valence-corrected chi connectivity index (χ1v) is 6.66. The third-order valence-electron chi connectivity index (χ3n) is 2.45. The molecular weight excluding hydrogens is 302 g/mol.